The Morgan fingerprint density at radius 3 is 2.89 bits per heavy atom. The highest BCUT2D eigenvalue weighted by Gasteiger charge is 2.13. The van der Waals surface area contributed by atoms with Gasteiger partial charge in [-0.1, -0.05) is 12.2 Å². The van der Waals surface area contributed by atoms with Crippen LogP contribution in [0.2, 0.25) is 0 Å². The zero-order valence-electron chi connectivity index (χ0n) is 9.61. The Hall–Kier alpha value is -2.12. The zero-order chi connectivity index (χ0) is 13.5. The number of anilines is 1. The Morgan fingerprint density at radius 1 is 1.56 bits per heavy atom. The van der Waals surface area contributed by atoms with Gasteiger partial charge >= 0.3 is 0 Å². The van der Waals surface area contributed by atoms with E-state index in [9.17, 15) is 15.2 Å². The van der Waals surface area contributed by atoms with E-state index in [0.29, 0.717) is 0 Å². The first kappa shape index (κ1) is 13.9. The van der Waals surface area contributed by atoms with Crippen LogP contribution in [0.4, 0.5) is 11.4 Å². The summed E-state index contributed by atoms with van der Waals surface area (Å²) in [5.41, 5.74) is 5.30. The number of nitrogens with one attached hydrogen (secondary N) is 1. The Labute approximate surface area is 104 Å². The van der Waals surface area contributed by atoms with Gasteiger partial charge in [0.2, 0.25) is 0 Å². The molecule has 18 heavy (non-hydrogen) atoms. The van der Waals surface area contributed by atoms with Gasteiger partial charge in [0.15, 0.2) is 0 Å². The summed E-state index contributed by atoms with van der Waals surface area (Å²) < 4.78 is 0. The van der Waals surface area contributed by atoms with E-state index in [1.54, 1.807) is 6.08 Å². The fourth-order valence-electron chi connectivity index (χ4n) is 1.30. The molecule has 0 aliphatic carbocycles. The van der Waals surface area contributed by atoms with E-state index in [0.717, 1.165) is 0 Å². The highest BCUT2D eigenvalue weighted by Crippen LogP contribution is 2.27. The quantitative estimate of drug-likeness (QED) is 0.334. The van der Waals surface area contributed by atoms with Crippen molar-refractivity contribution in [1.82, 2.24) is 0 Å². The van der Waals surface area contributed by atoms with Crippen LogP contribution < -0.4 is 11.1 Å². The molecule has 0 radical (unpaired) electrons. The molecule has 5 N–H and O–H groups in total. The fourth-order valence-corrected chi connectivity index (χ4v) is 1.30. The lowest BCUT2D eigenvalue weighted by molar-refractivity contribution is -0.384. The Morgan fingerprint density at radius 2 is 2.28 bits per heavy atom. The summed E-state index contributed by atoms with van der Waals surface area (Å²) in [6.07, 6.45) is 2.36. The van der Waals surface area contributed by atoms with Crippen molar-refractivity contribution < 1.29 is 15.1 Å². The highest BCUT2D eigenvalue weighted by atomic mass is 16.6. The van der Waals surface area contributed by atoms with Crippen molar-refractivity contribution in [2.45, 2.75) is 6.10 Å². The van der Waals surface area contributed by atoms with Gasteiger partial charge in [0.25, 0.3) is 5.69 Å². The topological polar surface area (TPSA) is 122 Å². The highest BCUT2D eigenvalue weighted by molar-refractivity contribution is 5.64. The first-order valence-electron chi connectivity index (χ1n) is 5.30. The zero-order valence-corrected chi connectivity index (χ0v) is 9.61. The van der Waals surface area contributed by atoms with E-state index >= 15 is 0 Å². The second-order valence-corrected chi connectivity index (χ2v) is 3.57. The van der Waals surface area contributed by atoms with Crippen molar-refractivity contribution in [2.24, 2.45) is 5.73 Å². The number of rotatable bonds is 6. The van der Waals surface area contributed by atoms with Gasteiger partial charge in [-0.3, -0.25) is 10.1 Å². The van der Waals surface area contributed by atoms with Crippen molar-refractivity contribution in [1.29, 1.82) is 0 Å². The molecule has 0 fully saturated rings. The van der Waals surface area contributed by atoms with Crippen molar-refractivity contribution in [3.05, 3.63) is 40.5 Å². The summed E-state index contributed by atoms with van der Waals surface area (Å²) in [4.78, 5) is 10.2. The maximum Gasteiger partial charge on any atom is 0.292 e. The summed E-state index contributed by atoms with van der Waals surface area (Å²) in [5, 5.41) is 31.9. The molecule has 0 aliphatic heterocycles. The summed E-state index contributed by atoms with van der Waals surface area (Å²) in [6, 6.07) is 3.73. The minimum atomic E-state index is -0.731. The van der Waals surface area contributed by atoms with Crippen LogP contribution in [0.25, 0.3) is 0 Å². The molecule has 1 rings (SSSR count). The lowest BCUT2D eigenvalue weighted by atomic mass is 10.2. The molecule has 7 nitrogen and oxygen atoms in total. The number of hydrogen-bond acceptors (Lipinski definition) is 6. The van der Waals surface area contributed by atoms with Crippen LogP contribution in [0.1, 0.15) is 0 Å². The summed E-state index contributed by atoms with van der Waals surface area (Å²) >= 11 is 0. The molecule has 0 aromatic heterocycles. The van der Waals surface area contributed by atoms with Crippen molar-refractivity contribution in [3.63, 3.8) is 0 Å². The van der Waals surface area contributed by atoms with Crippen molar-refractivity contribution >= 4 is 11.4 Å². The molecule has 0 aliphatic rings. The van der Waals surface area contributed by atoms with Gasteiger partial charge in [0.1, 0.15) is 11.4 Å². The number of nitro groups is 1. The van der Waals surface area contributed by atoms with Crippen LogP contribution in [0.15, 0.2) is 30.4 Å². The van der Waals surface area contributed by atoms with E-state index in [4.69, 9.17) is 10.8 Å². The molecule has 1 atom stereocenters. The molecular weight excluding hydrogens is 238 g/mol. The minimum Gasteiger partial charge on any atom is -0.508 e. The van der Waals surface area contributed by atoms with Crippen LogP contribution in [-0.2, 0) is 0 Å². The first-order valence-corrected chi connectivity index (χ1v) is 5.30. The maximum atomic E-state index is 10.7. The van der Waals surface area contributed by atoms with Crippen LogP contribution in [-0.4, -0.2) is 34.3 Å². The first-order chi connectivity index (χ1) is 8.54. The number of nitrogens with two attached hydrogens (primary N) is 1. The molecule has 0 spiro atoms. The Kier molecular flexibility index (Phi) is 5.09. The third-order valence-corrected chi connectivity index (χ3v) is 2.19. The third-order valence-electron chi connectivity index (χ3n) is 2.19. The van der Waals surface area contributed by atoms with Crippen molar-refractivity contribution in [3.8, 4) is 5.75 Å². The fraction of sp³-hybridized carbons (Fsp3) is 0.273. The molecule has 0 unspecified atom stereocenters. The summed E-state index contributed by atoms with van der Waals surface area (Å²) in [6.45, 7) is 0.393. The predicted molar refractivity (Wildman–Crippen MR) is 67.5 cm³/mol. The number of phenols is 1. The summed E-state index contributed by atoms with van der Waals surface area (Å²) in [5.74, 6) is -0.0610. The molecule has 0 heterocycles. The Balaban J connectivity index is 2.69. The largest absolute Gasteiger partial charge is 0.508 e. The van der Waals surface area contributed by atoms with Gasteiger partial charge in [0, 0.05) is 25.2 Å². The molecule has 0 bridgehead atoms. The number of nitrogens with zero attached hydrogens (tertiary/aromatic N) is 1. The van der Waals surface area contributed by atoms with E-state index in [2.05, 4.69) is 5.32 Å². The molecule has 0 saturated heterocycles. The smallest absolute Gasteiger partial charge is 0.292 e. The van der Waals surface area contributed by atoms with E-state index in [-0.39, 0.29) is 30.2 Å². The number of phenolic OH excluding ortho intramolecular Hbond substituents is 1. The molecule has 0 amide bonds. The SMILES string of the molecule is NC[C@H](O)C=CCNc1cc(O)ccc1[N+](=O)[O-]. The summed E-state index contributed by atoms with van der Waals surface area (Å²) in [7, 11) is 0. The average molecular weight is 253 g/mol. The molecule has 98 valence electrons. The monoisotopic (exact) mass is 253 g/mol. The Bertz CT molecular complexity index is 448. The van der Waals surface area contributed by atoms with Gasteiger partial charge in [-0.15, -0.1) is 0 Å². The van der Waals surface area contributed by atoms with Crippen LogP contribution in [0, 0.1) is 10.1 Å². The van der Waals surface area contributed by atoms with Crippen molar-refractivity contribution in [2.75, 3.05) is 18.4 Å². The van der Waals surface area contributed by atoms with Gasteiger partial charge in [-0.05, 0) is 6.07 Å². The normalized spacial score (nSPS) is 12.6. The van der Waals surface area contributed by atoms with Crippen LogP contribution in [0.5, 0.6) is 5.75 Å². The van der Waals surface area contributed by atoms with E-state index in [1.165, 1.54) is 24.3 Å². The lowest BCUT2D eigenvalue weighted by Crippen LogP contribution is -2.17. The number of hydrogen-bond donors (Lipinski definition) is 4. The number of aromatic hydroxyl groups is 1. The van der Waals surface area contributed by atoms with Gasteiger partial charge in [-0.25, -0.2) is 0 Å². The average Bonchev–Trinajstić information content (AvgIpc) is 2.34. The van der Waals surface area contributed by atoms with Crippen LogP contribution in [0.3, 0.4) is 0 Å². The molecule has 7 heteroatoms. The molecule has 1 aromatic rings. The predicted octanol–water partition coefficient (Wildman–Crippen LogP) is 0.588. The van der Waals surface area contributed by atoms with E-state index in [1.807, 2.05) is 0 Å². The number of aliphatic hydroxyl groups excluding tert-OH is 1. The van der Waals surface area contributed by atoms with E-state index < -0.39 is 11.0 Å². The third kappa shape index (κ3) is 4.04. The van der Waals surface area contributed by atoms with Gasteiger partial charge in [0.05, 0.1) is 11.0 Å². The molecule has 0 saturated carbocycles. The standard InChI is InChI=1S/C11H15N3O4/c12-7-9(16)2-1-5-13-10-6-8(15)3-4-11(10)14(17)18/h1-4,6,9,13,15-16H,5,7,12H2/t9-/m1/s1. The second kappa shape index (κ2) is 6.58. The van der Waals surface area contributed by atoms with Gasteiger partial charge in [-0.2, -0.15) is 0 Å². The molecule has 1 aromatic carbocycles. The number of benzene rings is 1. The minimum absolute atomic E-state index is 0.0610. The van der Waals surface area contributed by atoms with Gasteiger partial charge < -0.3 is 21.3 Å². The number of nitro benzene ring substituents is 1. The number of aliphatic hydroxyl groups is 1. The maximum absolute atomic E-state index is 10.7. The second-order valence-electron chi connectivity index (χ2n) is 3.57. The lowest BCUT2D eigenvalue weighted by Gasteiger charge is -2.05. The van der Waals surface area contributed by atoms with Crippen LogP contribution >= 0.6 is 0 Å². The molecular formula is C11H15N3O4.